The quantitative estimate of drug-likeness (QED) is 0.573. The van der Waals surface area contributed by atoms with Crippen molar-refractivity contribution in [2.45, 2.75) is 13.0 Å². The highest BCUT2D eigenvalue weighted by Gasteiger charge is 2.17. The third-order valence-electron chi connectivity index (χ3n) is 3.63. The Balaban J connectivity index is 1.81. The Labute approximate surface area is 136 Å². The second kappa shape index (κ2) is 5.65. The molecule has 0 amide bonds. The molecule has 0 bridgehead atoms. The van der Waals surface area contributed by atoms with Crippen LogP contribution in [0.25, 0.3) is 22.4 Å². The van der Waals surface area contributed by atoms with Crippen LogP contribution in [0.1, 0.15) is 18.8 Å². The van der Waals surface area contributed by atoms with Crippen molar-refractivity contribution in [2.75, 3.05) is 5.32 Å². The summed E-state index contributed by atoms with van der Waals surface area (Å²) in [5.41, 5.74) is 1.61. The molecule has 4 rings (SSSR count). The summed E-state index contributed by atoms with van der Waals surface area (Å²) in [7, 11) is 1.85. The minimum absolute atomic E-state index is 0.174. The molecule has 2 N–H and O–H groups in total. The van der Waals surface area contributed by atoms with Crippen LogP contribution < -0.4 is 5.32 Å². The molecule has 4 aromatic rings. The molecule has 0 saturated carbocycles. The maximum Gasteiger partial charge on any atom is 0.196 e. The summed E-state index contributed by atoms with van der Waals surface area (Å²) in [5.74, 6) is 1.81. The molecule has 0 aliphatic rings. The molecule has 0 unspecified atom stereocenters. The Morgan fingerprint density at radius 1 is 1.21 bits per heavy atom. The van der Waals surface area contributed by atoms with Gasteiger partial charge in [0.25, 0.3) is 0 Å². The molecule has 0 aliphatic heterocycles. The van der Waals surface area contributed by atoms with Gasteiger partial charge in [0.05, 0.1) is 17.6 Å². The van der Waals surface area contributed by atoms with Gasteiger partial charge < -0.3 is 5.32 Å². The van der Waals surface area contributed by atoms with Crippen LogP contribution in [0.15, 0.2) is 30.7 Å². The van der Waals surface area contributed by atoms with E-state index in [4.69, 9.17) is 0 Å². The van der Waals surface area contributed by atoms with E-state index in [0.29, 0.717) is 17.5 Å². The van der Waals surface area contributed by atoms with E-state index in [1.54, 1.807) is 23.3 Å². The molecule has 0 radical (unpaired) electrons. The zero-order valence-electron chi connectivity index (χ0n) is 13.0. The molecule has 4 aromatic heterocycles. The molecular formula is C14H14N10. The Hall–Kier alpha value is -3.43. The molecule has 0 fully saturated rings. The summed E-state index contributed by atoms with van der Waals surface area (Å²) in [6.07, 6.45) is 5.15. The number of hydrogen-bond donors (Lipinski definition) is 2. The van der Waals surface area contributed by atoms with Gasteiger partial charge in [-0.1, -0.05) is 5.21 Å². The lowest BCUT2D eigenvalue weighted by atomic mass is 10.2. The van der Waals surface area contributed by atoms with Crippen molar-refractivity contribution in [1.82, 2.24) is 45.4 Å². The number of anilines is 1. The van der Waals surface area contributed by atoms with Crippen molar-refractivity contribution in [3.8, 4) is 11.4 Å². The Morgan fingerprint density at radius 3 is 2.79 bits per heavy atom. The Morgan fingerprint density at radius 2 is 2.04 bits per heavy atom. The molecule has 4 heterocycles. The van der Waals surface area contributed by atoms with Gasteiger partial charge in [-0.15, -0.1) is 10.2 Å². The molecule has 0 saturated heterocycles. The lowest BCUT2D eigenvalue weighted by Crippen LogP contribution is -2.11. The van der Waals surface area contributed by atoms with Gasteiger partial charge in [-0.05, 0) is 19.1 Å². The van der Waals surface area contributed by atoms with Crippen molar-refractivity contribution in [3.05, 3.63) is 36.5 Å². The van der Waals surface area contributed by atoms with Crippen LogP contribution in [0.2, 0.25) is 0 Å². The van der Waals surface area contributed by atoms with E-state index in [0.717, 1.165) is 16.6 Å². The highest BCUT2D eigenvalue weighted by atomic mass is 15.5. The van der Waals surface area contributed by atoms with E-state index in [9.17, 15) is 0 Å². The van der Waals surface area contributed by atoms with Crippen molar-refractivity contribution in [3.63, 3.8) is 0 Å². The van der Waals surface area contributed by atoms with Gasteiger partial charge in [-0.3, -0.25) is 9.67 Å². The fraction of sp³-hybridized carbons (Fsp3) is 0.214. The predicted octanol–water partition coefficient (Wildman–Crippen LogP) is 1.11. The lowest BCUT2D eigenvalue weighted by molar-refractivity contribution is 0.783. The standard InChI is InChI=1S/C14H14N10/c1-8(11-20-22-23-21-11)17-13-10-7-16-24(2)14(10)19-12(18-13)9-3-5-15-6-4-9/h3-8H,1-2H3,(H,17,18,19)(H,20,21,22,23)/t8-/m0/s1. The Bertz CT molecular complexity index is 960. The van der Waals surface area contributed by atoms with Gasteiger partial charge in [0.1, 0.15) is 5.82 Å². The second-order valence-electron chi connectivity index (χ2n) is 5.27. The average Bonchev–Trinajstić information content (AvgIpc) is 3.26. The van der Waals surface area contributed by atoms with Crippen molar-refractivity contribution < 1.29 is 0 Å². The number of aromatic amines is 1. The first-order valence-electron chi connectivity index (χ1n) is 7.32. The minimum atomic E-state index is -0.174. The fourth-order valence-corrected chi connectivity index (χ4v) is 2.38. The van der Waals surface area contributed by atoms with Gasteiger partial charge in [0, 0.05) is 25.0 Å². The van der Waals surface area contributed by atoms with Crippen molar-refractivity contribution in [2.24, 2.45) is 7.05 Å². The zero-order chi connectivity index (χ0) is 16.5. The maximum absolute atomic E-state index is 4.64. The zero-order valence-corrected chi connectivity index (χ0v) is 13.0. The maximum atomic E-state index is 4.64. The number of fused-ring (bicyclic) bond motifs is 1. The molecule has 0 aromatic carbocycles. The summed E-state index contributed by atoms with van der Waals surface area (Å²) >= 11 is 0. The van der Waals surface area contributed by atoms with Gasteiger partial charge in [0.2, 0.25) is 0 Å². The largest absolute Gasteiger partial charge is 0.359 e. The summed E-state index contributed by atoms with van der Waals surface area (Å²) < 4.78 is 1.71. The molecule has 120 valence electrons. The van der Waals surface area contributed by atoms with Gasteiger partial charge in [-0.2, -0.15) is 10.3 Å². The third kappa shape index (κ3) is 2.43. The highest BCUT2D eigenvalue weighted by Crippen LogP contribution is 2.26. The van der Waals surface area contributed by atoms with Crippen molar-refractivity contribution in [1.29, 1.82) is 0 Å². The van der Waals surface area contributed by atoms with E-state index in [2.05, 4.69) is 46.0 Å². The molecule has 0 aliphatic carbocycles. The molecule has 24 heavy (non-hydrogen) atoms. The van der Waals surface area contributed by atoms with Crippen LogP contribution in [-0.4, -0.2) is 45.4 Å². The van der Waals surface area contributed by atoms with E-state index in [1.807, 2.05) is 26.1 Å². The number of nitrogens with one attached hydrogen (secondary N) is 2. The minimum Gasteiger partial charge on any atom is -0.359 e. The first kappa shape index (κ1) is 14.2. The van der Waals surface area contributed by atoms with E-state index in [1.165, 1.54) is 0 Å². The number of aryl methyl sites for hydroxylation is 1. The number of rotatable bonds is 4. The fourth-order valence-electron chi connectivity index (χ4n) is 2.38. The number of tetrazole rings is 1. The van der Waals surface area contributed by atoms with E-state index in [-0.39, 0.29) is 6.04 Å². The highest BCUT2D eigenvalue weighted by molar-refractivity contribution is 5.88. The van der Waals surface area contributed by atoms with Gasteiger partial charge in [-0.25, -0.2) is 9.97 Å². The topological polar surface area (TPSA) is 123 Å². The monoisotopic (exact) mass is 322 g/mol. The van der Waals surface area contributed by atoms with Crippen LogP contribution in [0.4, 0.5) is 5.82 Å². The Kier molecular flexibility index (Phi) is 3.34. The summed E-state index contributed by atoms with van der Waals surface area (Å²) in [6, 6.07) is 3.56. The molecule has 1 atom stereocenters. The number of aromatic nitrogens is 9. The van der Waals surface area contributed by atoms with E-state index < -0.39 is 0 Å². The summed E-state index contributed by atoms with van der Waals surface area (Å²) in [6.45, 7) is 1.93. The van der Waals surface area contributed by atoms with Crippen LogP contribution in [0.3, 0.4) is 0 Å². The van der Waals surface area contributed by atoms with Gasteiger partial charge in [0.15, 0.2) is 17.3 Å². The number of H-pyrrole nitrogens is 1. The lowest BCUT2D eigenvalue weighted by Gasteiger charge is -2.12. The van der Waals surface area contributed by atoms with Crippen LogP contribution in [-0.2, 0) is 7.05 Å². The number of nitrogens with zero attached hydrogens (tertiary/aromatic N) is 8. The molecule has 0 spiro atoms. The average molecular weight is 322 g/mol. The van der Waals surface area contributed by atoms with Crippen LogP contribution in [0, 0.1) is 0 Å². The van der Waals surface area contributed by atoms with Gasteiger partial charge >= 0.3 is 0 Å². The molecular weight excluding hydrogens is 308 g/mol. The predicted molar refractivity (Wildman–Crippen MR) is 85.8 cm³/mol. The van der Waals surface area contributed by atoms with E-state index >= 15 is 0 Å². The smallest absolute Gasteiger partial charge is 0.196 e. The summed E-state index contributed by atoms with van der Waals surface area (Å²) in [4.78, 5) is 13.3. The summed E-state index contributed by atoms with van der Waals surface area (Å²) in [5, 5.41) is 22.4. The first-order chi connectivity index (χ1) is 11.7. The van der Waals surface area contributed by atoms with Crippen LogP contribution in [0.5, 0.6) is 0 Å². The second-order valence-corrected chi connectivity index (χ2v) is 5.27. The normalized spacial score (nSPS) is 12.4. The number of pyridine rings is 1. The third-order valence-corrected chi connectivity index (χ3v) is 3.63. The SMILES string of the molecule is C[C@H](Nc1nc(-c2ccncc2)nc2c1cnn2C)c1nn[nH]n1. The molecule has 10 nitrogen and oxygen atoms in total. The van der Waals surface area contributed by atoms with Crippen molar-refractivity contribution >= 4 is 16.9 Å². The first-order valence-corrected chi connectivity index (χ1v) is 7.32. The molecule has 10 heteroatoms. The van der Waals surface area contributed by atoms with Crippen LogP contribution >= 0.6 is 0 Å². The number of hydrogen-bond acceptors (Lipinski definition) is 8.